The fourth-order valence-corrected chi connectivity index (χ4v) is 14.5. The molecule has 0 bridgehead atoms. The second-order valence-corrected chi connectivity index (χ2v) is 34.8. The second kappa shape index (κ2) is 72.9. The fraction of sp³-hybridized carbons (Fsp3) is 0.952. The van der Waals surface area contributed by atoms with Crippen LogP contribution in [0.15, 0.2) is 0 Å². The quantitative estimate of drug-likeness (QED) is 0.0222. The molecule has 0 heterocycles. The van der Waals surface area contributed by atoms with Crippen molar-refractivity contribution in [2.45, 2.75) is 453 Å². The summed E-state index contributed by atoms with van der Waals surface area (Å²) >= 11 is 0. The minimum Gasteiger partial charge on any atom is -0.462 e. The normalized spacial score (nSPS) is 14.2. The first-order valence-corrected chi connectivity index (χ1v) is 46.2. The first kappa shape index (κ1) is 101. The van der Waals surface area contributed by atoms with Crippen molar-refractivity contribution >= 4 is 39.5 Å². The van der Waals surface area contributed by atoms with Gasteiger partial charge in [-0.15, -0.1) is 0 Å². The molecule has 612 valence electrons. The Morgan fingerprint density at radius 1 is 0.272 bits per heavy atom. The van der Waals surface area contributed by atoms with Gasteiger partial charge in [-0.1, -0.05) is 383 Å². The molecule has 0 fully saturated rings. The molecule has 0 aliphatic rings. The molecule has 17 nitrogen and oxygen atoms in total. The van der Waals surface area contributed by atoms with E-state index in [1.165, 1.54) is 238 Å². The highest BCUT2D eigenvalue weighted by molar-refractivity contribution is 7.47. The summed E-state index contributed by atoms with van der Waals surface area (Å²) < 4.78 is 68.8. The molecule has 6 atom stereocenters. The molecule has 0 radical (unpaired) electrons. The summed E-state index contributed by atoms with van der Waals surface area (Å²) in [6.07, 6.45) is 61.0. The van der Waals surface area contributed by atoms with Gasteiger partial charge in [0.25, 0.3) is 0 Å². The van der Waals surface area contributed by atoms with Gasteiger partial charge in [-0.3, -0.25) is 37.3 Å². The van der Waals surface area contributed by atoms with Crippen molar-refractivity contribution in [1.29, 1.82) is 0 Å². The number of aliphatic hydroxyl groups is 1. The molecule has 0 saturated heterocycles. The Balaban J connectivity index is 5.24. The van der Waals surface area contributed by atoms with Gasteiger partial charge >= 0.3 is 39.5 Å². The molecule has 103 heavy (non-hydrogen) atoms. The first-order valence-electron chi connectivity index (χ1n) is 43.2. The van der Waals surface area contributed by atoms with Crippen LogP contribution in [0.3, 0.4) is 0 Å². The van der Waals surface area contributed by atoms with Crippen molar-refractivity contribution in [3.8, 4) is 0 Å². The smallest absolute Gasteiger partial charge is 0.462 e. The number of ether oxygens (including phenoxy) is 4. The van der Waals surface area contributed by atoms with Crippen molar-refractivity contribution in [3.63, 3.8) is 0 Å². The second-order valence-electron chi connectivity index (χ2n) is 31.9. The lowest BCUT2D eigenvalue weighted by Crippen LogP contribution is -2.30. The third kappa shape index (κ3) is 76.6. The van der Waals surface area contributed by atoms with Crippen LogP contribution in [0.2, 0.25) is 0 Å². The van der Waals surface area contributed by atoms with E-state index in [4.69, 9.17) is 37.0 Å². The summed E-state index contributed by atoms with van der Waals surface area (Å²) in [5.41, 5.74) is 0. The summed E-state index contributed by atoms with van der Waals surface area (Å²) in [5, 5.41) is 10.7. The monoisotopic (exact) mass is 1510 g/mol. The summed E-state index contributed by atoms with van der Waals surface area (Å²) in [5.74, 6) is 1.05. The maximum atomic E-state index is 13.1. The molecule has 3 unspecified atom stereocenters. The zero-order valence-electron chi connectivity index (χ0n) is 68.0. The van der Waals surface area contributed by atoms with E-state index in [0.717, 1.165) is 114 Å². The number of carbonyl (C=O) groups excluding carboxylic acids is 4. The van der Waals surface area contributed by atoms with Gasteiger partial charge in [-0.05, 0) is 49.4 Å². The number of unbranched alkanes of at least 4 members (excludes halogenated alkanes) is 46. The average molecular weight is 1510 g/mol. The molecule has 0 saturated carbocycles. The Bertz CT molecular complexity index is 2010. The molecular formula is C84H164O17P2. The number of hydrogen-bond donors (Lipinski definition) is 3. The highest BCUT2D eigenvalue weighted by Crippen LogP contribution is 2.45. The third-order valence-electron chi connectivity index (χ3n) is 19.9. The van der Waals surface area contributed by atoms with Crippen LogP contribution in [0.5, 0.6) is 0 Å². The number of esters is 4. The summed E-state index contributed by atoms with van der Waals surface area (Å²) in [7, 11) is -9.93. The first-order chi connectivity index (χ1) is 49.6. The van der Waals surface area contributed by atoms with E-state index < -0.39 is 97.5 Å². The standard InChI is InChI=1S/C84H164O17P2/c1-9-77(8)63-55-47-39-31-23-16-14-12-10-11-13-15-17-25-33-42-50-58-66-83(88)100-79(70-94-81(86)64-56-48-40-32-24-19-18-21-28-36-44-52-60-74(2)3)72-98-102(90,91)96-68-78(85)69-97-103(92,93)99-73-80(71-95-82(87)65-57-49-41-35-27-30-38-46-54-62-76(6)7)101-84(89)67-59-51-43-34-26-20-22-29-37-45-53-61-75(4)5/h74-80,85H,9-73H2,1-8H3,(H,90,91)(H,92,93)/t77?,78-,79-,80-/m1/s1. The minimum absolute atomic E-state index is 0.106. The lowest BCUT2D eigenvalue weighted by molar-refractivity contribution is -0.161. The molecule has 0 aliphatic heterocycles. The Morgan fingerprint density at radius 2 is 0.466 bits per heavy atom. The van der Waals surface area contributed by atoms with Crippen LogP contribution < -0.4 is 0 Å². The van der Waals surface area contributed by atoms with Crippen molar-refractivity contribution in [2.24, 2.45) is 23.7 Å². The minimum atomic E-state index is -4.97. The molecule has 0 aliphatic carbocycles. The van der Waals surface area contributed by atoms with Gasteiger partial charge in [0, 0.05) is 25.7 Å². The number of carbonyl (C=O) groups is 4. The van der Waals surface area contributed by atoms with E-state index in [2.05, 4.69) is 55.4 Å². The molecule has 0 amide bonds. The third-order valence-corrected chi connectivity index (χ3v) is 21.8. The Kier molecular flexibility index (Phi) is 71.5. The molecule has 0 aromatic heterocycles. The number of hydrogen-bond acceptors (Lipinski definition) is 15. The molecule has 0 aromatic carbocycles. The number of aliphatic hydroxyl groups excluding tert-OH is 1. The predicted molar refractivity (Wildman–Crippen MR) is 423 cm³/mol. The van der Waals surface area contributed by atoms with E-state index >= 15 is 0 Å². The average Bonchev–Trinajstić information content (AvgIpc) is 0.938. The lowest BCUT2D eigenvalue weighted by atomic mass is 9.99. The van der Waals surface area contributed by atoms with Crippen LogP contribution in [-0.2, 0) is 65.4 Å². The van der Waals surface area contributed by atoms with Crippen LogP contribution >= 0.6 is 15.6 Å². The van der Waals surface area contributed by atoms with E-state index in [1.807, 2.05) is 0 Å². The molecule has 19 heteroatoms. The summed E-state index contributed by atoms with van der Waals surface area (Å²) in [6.45, 7) is 14.3. The van der Waals surface area contributed by atoms with Crippen LogP contribution in [0.25, 0.3) is 0 Å². The topological polar surface area (TPSA) is 237 Å². The van der Waals surface area contributed by atoms with Gasteiger partial charge in [0.15, 0.2) is 12.2 Å². The molecular weight excluding hydrogens is 1340 g/mol. The van der Waals surface area contributed by atoms with Crippen molar-refractivity contribution in [1.82, 2.24) is 0 Å². The van der Waals surface area contributed by atoms with E-state index in [-0.39, 0.29) is 25.7 Å². The zero-order chi connectivity index (χ0) is 76.0. The van der Waals surface area contributed by atoms with Gasteiger partial charge < -0.3 is 33.8 Å². The number of phosphoric ester groups is 2. The molecule has 0 spiro atoms. The van der Waals surface area contributed by atoms with Crippen molar-refractivity contribution in [2.75, 3.05) is 39.6 Å². The zero-order valence-corrected chi connectivity index (χ0v) is 69.7. The van der Waals surface area contributed by atoms with E-state index in [0.29, 0.717) is 25.7 Å². The Morgan fingerprint density at radius 3 is 0.689 bits per heavy atom. The lowest BCUT2D eigenvalue weighted by Gasteiger charge is -2.21. The molecule has 3 N–H and O–H groups in total. The molecule has 0 aromatic rings. The maximum absolute atomic E-state index is 13.1. The molecule has 0 rings (SSSR count). The SMILES string of the molecule is CCC(C)CCCCCCCCCCCCCCCCCCCCC(=O)O[C@H](COC(=O)CCCCCCCCCCCCCCC(C)C)COP(=O)(O)OC[C@@H](O)COP(=O)(O)OC[C@@H](COC(=O)CCCCCCCCCCCC(C)C)OC(=O)CCCCCCCCCCCCCC(C)C. The van der Waals surface area contributed by atoms with Gasteiger partial charge in [-0.25, -0.2) is 9.13 Å². The van der Waals surface area contributed by atoms with Crippen LogP contribution in [0.1, 0.15) is 434 Å². The van der Waals surface area contributed by atoms with Crippen LogP contribution in [0, 0.1) is 23.7 Å². The highest BCUT2D eigenvalue weighted by Gasteiger charge is 2.30. The maximum Gasteiger partial charge on any atom is 0.472 e. The van der Waals surface area contributed by atoms with Gasteiger partial charge in [0.2, 0.25) is 0 Å². The van der Waals surface area contributed by atoms with E-state index in [1.54, 1.807) is 0 Å². The largest absolute Gasteiger partial charge is 0.472 e. The van der Waals surface area contributed by atoms with Gasteiger partial charge in [-0.2, -0.15) is 0 Å². The van der Waals surface area contributed by atoms with Crippen LogP contribution in [-0.4, -0.2) is 96.7 Å². The number of rotatable bonds is 81. The Hall–Kier alpha value is -1.94. The van der Waals surface area contributed by atoms with Gasteiger partial charge in [0.1, 0.15) is 19.3 Å². The van der Waals surface area contributed by atoms with E-state index in [9.17, 15) is 43.2 Å². The number of phosphoric acid groups is 2. The summed E-state index contributed by atoms with van der Waals surface area (Å²) in [6, 6.07) is 0. The highest BCUT2D eigenvalue weighted by atomic mass is 31.2. The predicted octanol–water partition coefficient (Wildman–Crippen LogP) is 25.2. The summed E-state index contributed by atoms with van der Waals surface area (Å²) in [4.78, 5) is 73.1. The van der Waals surface area contributed by atoms with Crippen molar-refractivity contribution < 1.29 is 80.2 Å². The Labute approximate surface area is 632 Å². The fourth-order valence-electron chi connectivity index (χ4n) is 12.9. The van der Waals surface area contributed by atoms with Gasteiger partial charge in [0.05, 0.1) is 26.4 Å². The van der Waals surface area contributed by atoms with Crippen molar-refractivity contribution in [3.05, 3.63) is 0 Å². The van der Waals surface area contributed by atoms with Crippen LogP contribution in [0.4, 0.5) is 0 Å².